The quantitative estimate of drug-likeness (QED) is 0.839. The number of alkyl halides is 3. The highest BCUT2D eigenvalue weighted by Crippen LogP contribution is 2.31. The molecule has 0 bridgehead atoms. The molecule has 1 heterocycles. The maximum absolute atomic E-state index is 13.9. The van der Waals surface area contributed by atoms with Crippen molar-refractivity contribution in [2.24, 2.45) is 0 Å². The van der Waals surface area contributed by atoms with Gasteiger partial charge >= 0.3 is 6.18 Å². The molecule has 2 rings (SSSR count). The van der Waals surface area contributed by atoms with E-state index in [4.69, 9.17) is 0 Å². The van der Waals surface area contributed by atoms with Crippen LogP contribution in [0.4, 0.5) is 22.7 Å². The minimum absolute atomic E-state index is 0.158. The zero-order chi connectivity index (χ0) is 16.3. The molecule has 0 saturated heterocycles. The Morgan fingerprint density at radius 2 is 2.00 bits per heavy atom. The second-order valence-corrected chi connectivity index (χ2v) is 5.91. The number of hydrogen-bond acceptors (Lipinski definition) is 4. The molecule has 3 nitrogen and oxygen atoms in total. The first-order valence-electron chi connectivity index (χ1n) is 6.44. The standard InChI is InChI=1S/C14H15F4N3S/c1-21(2)7-10-4-3-9(5-11(10)15)6-19-13-20-12(8-22-13)14(16,17)18/h3-5,8H,6-7H2,1-2H3,(H,19,20). The third kappa shape index (κ3) is 4.41. The van der Waals surface area contributed by atoms with Gasteiger partial charge in [0.15, 0.2) is 10.8 Å². The third-order valence-electron chi connectivity index (χ3n) is 2.84. The smallest absolute Gasteiger partial charge is 0.357 e. The molecule has 1 aromatic heterocycles. The van der Waals surface area contributed by atoms with Gasteiger partial charge in [0.1, 0.15) is 5.82 Å². The fourth-order valence-corrected chi connectivity index (χ4v) is 2.55. The molecule has 0 saturated carbocycles. The van der Waals surface area contributed by atoms with Crippen molar-refractivity contribution >= 4 is 16.5 Å². The van der Waals surface area contributed by atoms with Gasteiger partial charge in [-0.25, -0.2) is 9.37 Å². The molecule has 0 aliphatic rings. The lowest BCUT2D eigenvalue weighted by molar-refractivity contribution is -0.140. The van der Waals surface area contributed by atoms with Crippen molar-refractivity contribution < 1.29 is 17.6 Å². The maximum atomic E-state index is 13.9. The topological polar surface area (TPSA) is 28.2 Å². The Kier molecular flexibility index (Phi) is 5.02. The summed E-state index contributed by atoms with van der Waals surface area (Å²) in [4.78, 5) is 5.31. The van der Waals surface area contributed by atoms with E-state index in [1.165, 1.54) is 6.07 Å². The Hall–Kier alpha value is -1.67. The van der Waals surface area contributed by atoms with E-state index in [9.17, 15) is 17.6 Å². The van der Waals surface area contributed by atoms with E-state index < -0.39 is 11.9 Å². The van der Waals surface area contributed by atoms with Crippen LogP contribution in [0.2, 0.25) is 0 Å². The van der Waals surface area contributed by atoms with E-state index in [1.807, 2.05) is 19.0 Å². The maximum Gasteiger partial charge on any atom is 0.434 e. The molecule has 0 fully saturated rings. The van der Waals surface area contributed by atoms with Gasteiger partial charge in [0, 0.05) is 24.0 Å². The second kappa shape index (κ2) is 6.62. The molecule has 120 valence electrons. The summed E-state index contributed by atoms with van der Waals surface area (Å²) in [5.41, 5.74) is 0.290. The second-order valence-electron chi connectivity index (χ2n) is 5.05. The molecule has 0 amide bonds. The summed E-state index contributed by atoms with van der Waals surface area (Å²) in [5, 5.41) is 3.88. The van der Waals surface area contributed by atoms with Crippen molar-refractivity contribution in [1.82, 2.24) is 9.88 Å². The van der Waals surface area contributed by atoms with E-state index in [-0.39, 0.29) is 17.5 Å². The third-order valence-corrected chi connectivity index (χ3v) is 3.64. The Bertz CT molecular complexity index is 637. The highest BCUT2D eigenvalue weighted by Gasteiger charge is 2.33. The number of halogens is 4. The number of aromatic nitrogens is 1. The lowest BCUT2D eigenvalue weighted by atomic mass is 10.1. The molecular weight excluding hydrogens is 318 g/mol. The summed E-state index contributed by atoms with van der Waals surface area (Å²) >= 11 is 0.869. The number of benzene rings is 1. The van der Waals surface area contributed by atoms with Crippen molar-refractivity contribution in [3.8, 4) is 0 Å². The lowest BCUT2D eigenvalue weighted by Crippen LogP contribution is -2.12. The van der Waals surface area contributed by atoms with Gasteiger partial charge < -0.3 is 10.2 Å². The first-order chi connectivity index (χ1) is 10.3. The summed E-state index contributed by atoms with van der Waals surface area (Å²) in [6.07, 6.45) is -4.45. The van der Waals surface area contributed by atoms with Crippen LogP contribution in [0.1, 0.15) is 16.8 Å². The summed E-state index contributed by atoms with van der Waals surface area (Å²) in [6, 6.07) is 4.80. The largest absolute Gasteiger partial charge is 0.434 e. The molecule has 0 aliphatic heterocycles. The fraction of sp³-hybridized carbons (Fsp3) is 0.357. The van der Waals surface area contributed by atoms with Gasteiger partial charge in [0.2, 0.25) is 0 Å². The van der Waals surface area contributed by atoms with Crippen LogP contribution in [-0.4, -0.2) is 24.0 Å². The number of anilines is 1. The zero-order valence-corrected chi connectivity index (χ0v) is 12.9. The number of thiazole rings is 1. The molecule has 0 radical (unpaired) electrons. The minimum Gasteiger partial charge on any atom is -0.357 e. The average molecular weight is 333 g/mol. The Morgan fingerprint density at radius 3 is 2.55 bits per heavy atom. The van der Waals surface area contributed by atoms with Crippen molar-refractivity contribution in [3.05, 3.63) is 46.2 Å². The van der Waals surface area contributed by atoms with Crippen molar-refractivity contribution in [3.63, 3.8) is 0 Å². The van der Waals surface area contributed by atoms with E-state index >= 15 is 0 Å². The molecule has 8 heteroatoms. The van der Waals surface area contributed by atoms with E-state index in [0.717, 1.165) is 16.7 Å². The summed E-state index contributed by atoms with van der Waals surface area (Å²) < 4.78 is 51.2. The van der Waals surface area contributed by atoms with E-state index in [1.54, 1.807) is 12.1 Å². The van der Waals surface area contributed by atoms with Crippen LogP contribution in [0.25, 0.3) is 0 Å². The fourth-order valence-electron chi connectivity index (χ4n) is 1.83. The monoisotopic (exact) mass is 333 g/mol. The van der Waals surface area contributed by atoms with Gasteiger partial charge in [0.05, 0.1) is 0 Å². The predicted octanol–water partition coefficient (Wildman–Crippen LogP) is 3.97. The number of nitrogens with zero attached hydrogens (tertiary/aromatic N) is 2. The summed E-state index contributed by atoms with van der Waals surface area (Å²) in [7, 11) is 3.69. The van der Waals surface area contributed by atoms with Crippen LogP contribution in [0, 0.1) is 5.82 Å². The van der Waals surface area contributed by atoms with Gasteiger partial charge in [0.25, 0.3) is 0 Å². The van der Waals surface area contributed by atoms with Gasteiger partial charge in [-0.2, -0.15) is 13.2 Å². The van der Waals surface area contributed by atoms with Crippen LogP contribution in [-0.2, 0) is 19.3 Å². The van der Waals surface area contributed by atoms with Crippen LogP contribution < -0.4 is 5.32 Å². The van der Waals surface area contributed by atoms with Crippen LogP contribution in [0.15, 0.2) is 23.6 Å². The van der Waals surface area contributed by atoms with Gasteiger partial charge in [-0.05, 0) is 25.7 Å². The highest BCUT2D eigenvalue weighted by atomic mass is 32.1. The van der Waals surface area contributed by atoms with Gasteiger partial charge in [-0.1, -0.05) is 12.1 Å². The Morgan fingerprint density at radius 1 is 1.27 bits per heavy atom. The average Bonchev–Trinajstić information content (AvgIpc) is 2.87. The van der Waals surface area contributed by atoms with Crippen LogP contribution >= 0.6 is 11.3 Å². The number of nitrogens with one attached hydrogen (secondary N) is 1. The summed E-state index contributed by atoms with van der Waals surface area (Å²) in [6.45, 7) is 0.699. The molecule has 22 heavy (non-hydrogen) atoms. The molecule has 0 unspecified atom stereocenters. The molecule has 1 aromatic carbocycles. The molecule has 0 atom stereocenters. The van der Waals surface area contributed by atoms with Crippen molar-refractivity contribution in [2.45, 2.75) is 19.3 Å². The SMILES string of the molecule is CN(C)Cc1ccc(CNc2nc(C(F)(F)F)cs2)cc1F. The van der Waals surface area contributed by atoms with Crippen molar-refractivity contribution in [2.75, 3.05) is 19.4 Å². The van der Waals surface area contributed by atoms with Crippen LogP contribution in [0.5, 0.6) is 0 Å². The van der Waals surface area contributed by atoms with Gasteiger partial charge in [-0.15, -0.1) is 11.3 Å². The Labute approximate surface area is 129 Å². The summed E-state index contributed by atoms with van der Waals surface area (Å²) in [5.74, 6) is -0.330. The Balaban J connectivity index is 2.00. The number of hydrogen-bond donors (Lipinski definition) is 1. The molecule has 0 aliphatic carbocycles. The van der Waals surface area contributed by atoms with Crippen LogP contribution in [0.3, 0.4) is 0 Å². The zero-order valence-electron chi connectivity index (χ0n) is 12.0. The molecule has 1 N–H and O–H groups in total. The van der Waals surface area contributed by atoms with Crippen molar-refractivity contribution in [1.29, 1.82) is 0 Å². The molecule has 2 aromatic rings. The first-order valence-corrected chi connectivity index (χ1v) is 7.32. The highest BCUT2D eigenvalue weighted by molar-refractivity contribution is 7.13. The van der Waals surface area contributed by atoms with Gasteiger partial charge in [-0.3, -0.25) is 0 Å². The van der Waals surface area contributed by atoms with E-state index in [2.05, 4.69) is 10.3 Å². The van der Waals surface area contributed by atoms with E-state index in [0.29, 0.717) is 17.7 Å². The molecular formula is C14H15F4N3S. The normalized spacial score (nSPS) is 12.0. The predicted molar refractivity (Wildman–Crippen MR) is 78.2 cm³/mol. The molecule has 0 spiro atoms. The number of rotatable bonds is 5. The first kappa shape index (κ1) is 16.7. The minimum atomic E-state index is -4.45. The lowest BCUT2D eigenvalue weighted by Gasteiger charge is -2.11.